The Balaban J connectivity index is 1.98. The number of hydrogen-bond donors (Lipinski definition) is 1. The van der Waals surface area contributed by atoms with Crippen LogP contribution in [-0.2, 0) is 6.67 Å². The summed E-state index contributed by atoms with van der Waals surface area (Å²) in [7, 11) is 0. The minimum absolute atomic E-state index is 0.110. The summed E-state index contributed by atoms with van der Waals surface area (Å²) in [6.45, 7) is 4.89. The highest BCUT2D eigenvalue weighted by Gasteiger charge is 2.16. The zero-order valence-corrected chi connectivity index (χ0v) is 16.7. The van der Waals surface area contributed by atoms with Crippen LogP contribution in [0.4, 0.5) is 8.78 Å². The molecule has 2 heterocycles. The second kappa shape index (κ2) is 9.24. The van der Waals surface area contributed by atoms with E-state index in [0.717, 1.165) is 23.8 Å². The normalized spacial score (nSPS) is 10.7. The van der Waals surface area contributed by atoms with Crippen molar-refractivity contribution < 1.29 is 18.3 Å². The van der Waals surface area contributed by atoms with Gasteiger partial charge in [-0.25, -0.2) is 27.8 Å². The summed E-state index contributed by atoms with van der Waals surface area (Å²) in [6, 6.07) is 7.53. The van der Waals surface area contributed by atoms with E-state index in [1.807, 2.05) is 6.92 Å². The van der Waals surface area contributed by atoms with Crippen LogP contribution in [0, 0.1) is 5.82 Å². The molecule has 0 spiro atoms. The number of ether oxygens (including phenoxy) is 2. The third-order valence-electron chi connectivity index (χ3n) is 4.24. The van der Waals surface area contributed by atoms with E-state index in [0.29, 0.717) is 22.3 Å². The van der Waals surface area contributed by atoms with Gasteiger partial charge in [-0.15, -0.1) is 6.58 Å². The first-order valence-corrected chi connectivity index (χ1v) is 9.20. The van der Waals surface area contributed by atoms with Crippen LogP contribution >= 0.6 is 0 Å². The van der Waals surface area contributed by atoms with Crippen molar-refractivity contribution in [3.05, 3.63) is 87.1 Å². The summed E-state index contributed by atoms with van der Waals surface area (Å²) in [5.74, 6) is 5.22. The average Bonchev–Trinajstić information content (AvgIpc) is 2.74. The van der Waals surface area contributed by atoms with Crippen LogP contribution in [0.5, 0.6) is 17.4 Å². The fourth-order valence-corrected chi connectivity index (χ4v) is 2.66. The summed E-state index contributed by atoms with van der Waals surface area (Å²) in [6.07, 6.45) is 2.15. The highest BCUT2D eigenvalue weighted by Crippen LogP contribution is 2.30. The molecule has 3 aromatic rings. The number of alkyl halides is 1. The molecule has 8 nitrogen and oxygen atoms in total. The summed E-state index contributed by atoms with van der Waals surface area (Å²) in [4.78, 5) is 28.8. The maximum atomic E-state index is 14.5. The maximum Gasteiger partial charge on any atom is 0.354 e. The molecule has 0 saturated carbocycles. The molecule has 31 heavy (non-hydrogen) atoms. The Labute approximate surface area is 175 Å². The smallest absolute Gasteiger partial charge is 0.354 e. The van der Waals surface area contributed by atoms with Gasteiger partial charge in [0.15, 0.2) is 5.75 Å². The molecular formula is C21H20F2N4O4. The summed E-state index contributed by atoms with van der Waals surface area (Å²) in [5.41, 5.74) is -1.81. The highest BCUT2D eigenvalue weighted by atomic mass is 19.1. The monoisotopic (exact) mass is 430 g/mol. The number of halogens is 2. The molecule has 0 radical (unpaired) electrons. The molecule has 0 fully saturated rings. The van der Waals surface area contributed by atoms with Crippen LogP contribution in [0.2, 0.25) is 0 Å². The molecule has 162 valence electrons. The molecule has 0 saturated heterocycles. The van der Waals surface area contributed by atoms with Crippen molar-refractivity contribution >= 4 is 0 Å². The van der Waals surface area contributed by atoms with Crippen molar-refractivity contribution in [1.82, 2.24) is 14.2 Å². The summed E-state index contributed by atoms with van der Waals surface area (Å²) < 4.78 is 39.7. The quantitative estimate of drug-likeness (QED) is 0.436. The van der Waals surface area contributed by atoms with E-state index in [1.54, 1.807) is 12.1 Å². The van der Waals surface area contributed by atoms with E-state index in [2.05, 4.69) is 11.6 Å². The second-order valence-electron chi connectivity index (χ2n) is 6.67. The zero-order chi connectivity index (χ0) is 22.5. The summed E-state index contributed by atoms with van der Waals surface area (Å²) in [5, 5.41) is 0. The van der Waals surface area contributed by atoms with Gasteiger partial charge in [0.05, 0.1) is 18.0 Å². The highest BCUT2D eigenvalue weighted by molar-refractivity contribution is 5.44. The van der Waals surface area contributed by atoms with E-state index in [-0.39, 0.29) is 23.1 Å². The van der Waals surface area contributed by atoms with Crippen molar-refractivity contribution in [2.45, 2.75) is 20.0 Å². The van der Waals surface area contributed by atoms with Crippen molar-refractivity contribution in [2.24, 2.45) is 0 Å². The molecule has 0 aliphatic carbocycles. The van der Waals surface area contributed by atoms with Crippen LogP contribution < -0.4 is 26.6 Å². The lowest BCUT2D eigenvalue weighted by Crippen LogP contribution is -2.43. The fraction of sp³-hybridized carbons (Fsp3) is 0.190. The molecule has 0 atom stereocenters. The van der Waals surface area contributed by atoms with Gasteiger partial charge in [-0.2, -0.15) is 0 Å². The van der Waals surface area contributed by atoms with Crippen LogP contribution in [-0.4, -0.2) is 20.8 Å². The number of nitrogens with zero attached hydrogens (tertiary/aromatic N) is 3. The second-order valence-corrected chi connectivity index (χ2v) is 6.67. The number of nitrogens with two attached hydrogens (primary N) is 1. The van der Waals surface area contributed by atoms with Gasteiger partial charge >= 0.3 is 5.69 Å². The van der Waals surface area contributed by atoms with Gasteiger partial charge in [-0.05, 0) is 31.2 Å². The average molecular weight is 430 g/mol. The predicted octanol–water partition coefficient (Wildman–Crippen LogP) is 2.85. The van der Waals surface area contributed by atoms with Crippen LogP contribution in [0.25, 0.3) is 5.69 Å². The molecule has 2 aromatic heterocycles. The Hall–Kier alpha value is -3.95. The SMILES string of the molecule is C=C(C)CCOc1ncccc1Oc1ccc(F)c(-n2c(=O)cc(CF)n(N)c2=O)c1. The first-order valence-electron chi connectivity index (χ1n) is 9.20. The largest absolute Gasteiger partial charge is 0.475 e. The van der Waals surface area contributed by atoms with Gasteiger partial charge in [0, 0.05) is 24.8 Å². The minimum atomic E-state index is -1.12. The van der Waals surface area contributed by atoms with E-state index < -0.39 is 29.4 Å². The Morgan fingerprint density at radius 2 is 2.03 bits per heavy atom. The third kappa shape index (κ3) is 4.80. The number of aromatic nitrogens is 3. The van der Waals surface area contributed by atoms with Crippen LogP contribution in [0.3, 0.4) is 0 Å². The number of pyridine rings is 1. The van der Waals surface area contributed by atoms with Gasteiger partial charge in [0.25, 0.3) is 11.4 Å². The molecule has 0 aliphatic heterocycles. The van der Waals surface area contributed by atoms with E-state index >= 15 is 0 Å². The molecule has 10 heteroatoms. The molecule has 0 unspecified atom stereocenters. The van der Waals surface area contributed by atoms with Crippen molar-refractivity contribution in [1.29, 1.82) is 0 Å². The first-order chi connectivity index (χ1) is 14.8. The lowest BCUT2D eigenvalue weighted by atomic mass is 10.2. The van der Waals surface area contributed by atoms with Gasteiger partial charge in [-0.1, -0.05) is 5.57 Å². The first kappa shape index (κ1) is 21.8. The van der Waals surface area contributed by atoms with E-state index in [9.17, 15) is 18.4 Å². The van der Waals surface area contributed by atoms with Crippen LogP contribution in [0.15, 0.2) is 64.3 Å². The summed E-state index contributed by atoms with van der Waals surface area (Å²) >= 11 is 0. The van der Waals surface area contributed by atoms with E-state index in [4.69, 9.17) is 15.3 Å². The minimum Gasteiger partial charge on any atom is -0.475 e. The molecule has 2 N–H and O–H groups in total. The number of hydrogen-bond acceptors (Lipinski definition) is 6. The van der Waals surface area contributed by atoms with Crippen molar-refractivity contribution in [2.75, 3.05) is 12.4 Å². The van der Waals surface area contributed by atoms with Gasteiger partial charge < -0.3 is 15.3 Å². The van der Waals surface area contributed by atoms with Crippen molar-refractivity contribution in [3.63, 3.8) is 0 Å². The lowest BCUT2D eigenvalue weighted by Gasteiger charge is -2.14. The Morgan fingerprint density at radius 3 is 2.74 bits per heavy atom. The Bertz CT molecular complexity index is 1240. The molecule has 3 rings (SSSR count). The standard InChI is InChI=1S/C21H20F2N4O4/c1-13(2)7-9-30-20-18(4-3-8-25-20)31-15-5-6-16(23)17(11-15)26-19(28)10-14(12-22)27(24)21(26)29/h3-6,8,10-11H,1,7,9,12,24H2,2H3. The fourth-order valence-electron chi connectivity index (χ4n) is 2.66. The molecule has 1 aromatic carbocycles. The third-order valence-corrected chi connectivity index (χ3v) is 4.24. The van der Waals surface area contributed by atoms with Gasteiger partial charge in [0.2, 0.25) is 0 Å². The lowest BCUT2D eigenvalue weighted by molar-refractivity contribution is 0.293. The van der Waals surface area contributed by atoms with Gasteiger partial charge in [-0.3, -0.25) is 4.79 Å². The number of nitrogen functional groups attached to an aromatic ring is 1. The molecular weight excluding hydrogens is 410 g/mol. The Kier molecular flexibility index (Phi) is 6.49. The molecule has 0 bridgehead atoms. The maximum absolute atomic E-state index is 14.5. The van der Waals surface area contributed by atoms with Crippen LogP contribution in [0.1, 0.15) is 19.0 Å². The number of rotatable bonds is 8. The topological polar surface area (TPSA) is 101 Å². The van der Waals surface area contributed by atoms with E-state index in [1.165, 1.54) is 12.3 Å². The molecule has 0 aliphatic rings. The Morgan fingerprint density at radius 1 is 1.26 bits per heavy atom. The predicted molar refractivity (Wildman–Crippen MR) is 110 cm³/mol. The molecule has 0 amide bonds. The number of benzene rings is 1. The van der Waals surface area contributed by atoms with Gasteiger partial charge in [0.1, 0.15) is 18.2 Å². The zero-order valence-electron chi connectivity index (χ0n) is 16.7. The van der Waals surface area contributed by atoms with Crippen molar-refractivity contribution in [3.8, 4) is 23.1 Å².